The van der Waals surface area contributed by atoms with E-state index in [-0.39, 0.29) is 17.5 Å². The van der Waals surface area contributed by atoms with Gasteiger partial charge in [-0.05, 0) is 67.9 Å². The Kier molecular flexibility index (Phi) is 5.76. The number of hydrogen-bond acceptors (Lipinski definition) is 6. The Morgan fingerprint density at radius 2 is 1.86 bits per heavy atom. The topological polar surface area (TPSA) is 103 Å². The van der Waals surface area contributed by atoms with Crippen molar-refractivity contribution in [3.63, 3.8) is 0 Å². The first-order chi connectivity index (χ1) is 16.7. The number of methoxy groups -OCH3 is 1. The predicted molar refractivity (Wildman–Crippen MR) is 131 cm³/mol. The SMILES string of the molecule is COc1ccc(-c2cc(C(=O)Nc3ccc(F)cc3)c3c(C)nn(C4CCS(=O)(=O)C4)c3n2)cc1. The van der Waals surface area contributed by atoms with Crippen molar-refractivity contribution in [3.8, 4) is 17.0 Å². The number of benzene rings is 2. The minimum atomic E-state index is -3.16. The number of nitrogens with one attached hydrogen (secondary N) is 1. The van der Waals surface area contributed by atoms with Crippen molar-refractivity contribution >= 4 is 32.5 Å². The molecule has 1 aliphatic heterocycles. The lowest BCUT2D eigenvalue weighted by Gasteiger charge is -2.13. The molecule has 1 N–H and O–H groups in total. The Morgan fingerprint density at radius 1 is 1.14 bits per heavy atom. The van der Waals surface area contributed by atoms with Gasteiger partial charge in [0.2, 0.25) is 0 Å². The molecular formula is C25H23FN4O4S. The predicted octanol–water partition coefficient (Wildman–Crippen LogP) is 4.17. The fourth-order valence-corrected chi connectivity index (χ4v) is 6.05. The maximum absolute atomic E-state index is 13.4. The van der Waals surface area contributed by atoms with Crippen molar-refractivity contribution in [1.29, 1.82) is 0 Å². The molecule has 0 aliphatic carbocycles. The summed E-state index contributed by atoms with van der Waals surface area (Å²) in [6.07, 6.45) is 0.435. The number of halogens is 1. The van der Waals surface area contributed by atoms with Gasteiger partial charge in [0.05, 0.1) is 47.0 Å². The molecule has 2 aromatic carbocycles. The van der Waals surface area contributed by atoms with E-state index in [1.165, 1.54) is 24.3 Å². The number of amides is 1. The zero-order valence-corrected chi connectivity index (χ0v) is 20.0. The Morgan fingerprint density at radius 3 is 2.49 bits per heavy atom. The number of pyridine rings is 1. The van der Waals surface area contributed by atoms with E-state index in [4.69, 9.17) is 9.72 Å². The van der Waals surface area contributed by atoms with Crippen LogP contribution in [0.2, 0.25) is 0 Å². The molecule has 1 aliphatic rings. The third-order valence-electron chi connectivity index (χ3n) is 6.12. The molecule has 0 saturated carbocycles. The van der Waals surface area contributed by atoms with Crippen molar-refractivity contribution < 1.29 is 22.3 Å². The normalized spacial score (nSPS) is 16.9. The van der Waals surface area contributed by atoms with Gasteiger partial charge in [-0.2, -0.15) is 5.10 Å². The first-order valence-corrected chi connectivity index (χ1v) is 12.9. The summed E-state index contributed by atoms with van der Waals surface area (Å²) in [5, 5.41) is 7.96. The fourth-order valence-electron chi connectivity index (χ4n) is 4.36. The van der Waals surface area contributed by atoms with E-state index in [1.807, 2.05) is 12.1 Å². The van der Waals surface area contributed by atoms with Crippen LogP contribution in [-0.2, 0) is 9.84 Å². The summed E-state index contributed by atoms with van der Waals surface area (Å²) in [6.45, 7) is 1.77. The number of ether oxygens (including phenoxy) is 1. The molecule has 2 aromatic heterocycles. The zero-order chi connectivity index (χ0) is 24.7. The summed E-state index contributed by atoms with van der Waals surface area (Å²) >= 11 is 0. The molecule has 3 heterocycles. The summed E-state index contributed by atoms with van der Waals surface area (Å²) < 4.78 is 44.5. The average molecular weight is 495 g/mol. The van der Waals surface area contributed by atoms with Gasteiger partial charge in [-0.15, -0.1) is 0 Å². The molecule has 0 bridgehead atoms. The average Bonchev–Trinajstić information content (AvgIpc) is 3.38. The van der Waals surface area contributed by atoms with E-state index in [0.717, 1.165) is 5.56 Å². The minimum Gasteiger partial charge on any atom is -0.497 e. The fraction of sp³-hybridized carbons (Fsp3) is 0.240. The highest BCUT2D eigenvalue weighted by atomic mass is 32.2. The second-order valence-electron chi connectivity index (χ2n) is 8.53. The van der Waals surface area contributed by atoms with Crippen molar-refractivity contribution in [1.82, 2.24) is 14.8 Å². The van der Waals surface area contributed by atoms with E-state index in [9.17, 15) is 17.6 Å². The quantitative estimate of drug-likeness (QED) is 0.447. The van der Waals surface area contributed by atoms with E-state index in [0.29, 0.717) is 45.8 Å². The monoisotopic (exact) mass is 494 g/mol. The molecule has 180 valence electrons. The van der Waals surface area contributed by atoms with Crippen molar-refractivity contribution in [2.75, 3.05) is 23.9 Å². The van der Waals surface area contributed by atoms with Crippen LogP contribution in [0.5, 0.6) is 5.75 Å². The Labute approximate surface area is 201 Å². The van der Waals surface area contributed by atoms with Gasteiger partial charge in [-0.3, -0.25) is 4.79 Å². The molecular weight excluding hydrogens is 471 g/mol. The van der Waals surface area contributed by atoms with Gasteiger partial charge >= 0.3 is 0 Å². The number of nitrogens with zero attached hydrogens (tertiary/aromatic N) is 3. The largest absolute Gasteiger partial charge is 0.497 e. The summed E-state index contributed by atoms with van der Waals surface area (Å²) in [5.41, 5.74) is 3.10. The molecule has 1 atom stereocenters. The van der Waals surface area contributed by atoms with Gasteiger partial charge in [0.25, 0.3) is 5.91 Å². The molecule has 4 aromatic rings. The number of aryl methyl sites for hydroxylation is 1. The first-order valence-electron chi connectivity index (χ1n) is 11.1. The number of anilines is 1. The number of sulfone groups is 1. The van der Waals surface area contributed by atoms with Crippen LogP contribution in [0.3, 0.4) is 0 Å². The number of carbonyl (C=O) groups is 1. The van der Waals surface area contributed by atoms with Gasteiger partial charge in [0.1, 0.15) is 11.6 Å². The molecule has 0 radical (unpaired) electrons. The number of rotatable bonds is 5. The van der Waals surface area contributed by atoms with Crippen LogP contribution < -0.4 is 10.1 Å². The van der Waals surface area contributed by atoms with E-state index in [1.54, 1.807) is 36.9 Å². The second-order valence-corrected chi connectivity index (χ2v) is 10.8. The Hall–Kier alpha value is -3.79. The molecule has 5 rings (SSSR count). The van der Waals surface area contributed by atoms with Gasteiger partial charge in [-0.1, -0.05) is 0 Å². The minimum absolute atomic E-state index is 0.0191. The third-order valence-corrected chi connectivity index (χ3v) is 7.87. The lowest BCUT2D eigenvalue weighted by molar-refractivity contribution is 0.102. The van der Waals surface area contributed by atoms with E-state index < -0.39 is 21.6 Å². The molecule has 0 spiro atoms. The maximum Gasteiger partial charge on any atom is 0.256 e. The number of hydrogen-bond donors (Lipinski definition) is 1. The van der Waals surface area contributed by atoms with Gasteiger partial charge in [0, 0.05) is 11.3 Å². The Bertz CT molecular complexity index is 1530. The van der Waals surface area contributed by atoms with Crippen LogP contribution in [0, 0.1) is 12.7 Å². The standard InChI is InChI=1S/C25H23FN4O4S/c1-15-23-21(25(31)27-18-7-5-17(26)6-8-18)13-22(16-3-9-20(34-2)10-4-16)28-24(23)30(29-15)19-11-12-35(32,33)14-19/h3-10,13,19H,11-12,14H2,1-2H3,(H,27,31). The highest BCUT2D eigenvalue weighted by molar-refractivity contribution is 7.91. The third kappa shape index (κ3) is 4.49. The molecule has 1 fully saturated rings. The smallest absolute Gasteiger partial charge is 0.256 e. The summed E-state index contributed by atoms with van der Waals surface area (Å²) in [4.78, 5) is 18.2. The van der Waals surface area contributed by atoms with Crippen LogP contribution >= 0.6 is 0 Å². The van der Waals surface area contributed by atoms with Crippen LogP contribution in [0.4, 0.5) is 10.1 Å². The van der Waals surface area contributed by atoms with Crippen LogP contribution in [0.1, 0.15) is 28.5 Å². The van der Waals surface area contributed by atoms with E-state index >= 15 is 0 Å². The van der Waals surface area contributed by atoms with Crippen LogP contribution in [-0.4, -0.2) is 47.7 Å². The molecule has 1 unspecified atom stereocenters. The van der Waals surface area contributed by atoms with Crippen molar-refractivity contribution in [2.24, 2.45) is 0 Å². The molecule has 35 heavy (non-hydrogen) atoms. The van der Waals surface area contributed by atoms with Crippen LogP contribution in [0.25, 0.3) is 22.3 Å². The number of carbonyl (C=O) groups excluding carboxylic acids is 1. The van der Waals surface area contributed by atoms with Gasteiger partial charge in [0.15, 0.2) is 15.5 Å². The highest BCUT2D eigenvalue weighted by Crippen LogP contribution is 2.33. The van der Waals surface area contributed by atoms with E-state index in [2.05, 4.69) is 10.4 Å². The first kappa shape index (κ1) is 23.0. The van der Waals surface area contributed by atoms with Gasteiger partial charge in [-0.25, -0.2) is 22.5 Å². The summed E-state index contributed by atoms with van der Waals surface area (Å²) in [7, 11) is -1.58. The van der Waals surface area contributed by atoms with Crippen molar-refractivity contribution in [3.05, 3.63) is 71.7 Å². The molecule has 1 saturated heterocycles. The number of fused-ring (bicyclic) bond motifs is 1. The summed E-state index contributed by atoms with van der Waals surface area (Å²) in [6, 6.07) is 14.1. The maximum atomic E-state index is 13.4. The second kappa shape index (κ2) is 8.77. The van der Waals surface area contributed by atoms with Crippen LogP contribution in [0.15, 0.2) is 54.6 Å². The van der Waals surface area contributed by atoms with Crippen molar-refractivity contribution in [2.45, 2.75) is 19.4 Å². The lowest BCUT2D eigenvalue weighted by atomic mass is 10.0. The lowest BCUT2D eigenvalue weighted by Crippen LogP contribution is -2.15. The van der Waals surface area contributed by atoms with Gasteiger partial charge < -0.3 is 10.1 Å². The molecule has 8 nitrogen and oxygen atoms in total. The zero-order valence-electron chi connectivity index (χ0n) is 19.2. The Balaban J connectivity index is 1.66. The molecule has 1 amide bonds. The highest BCUT2D eigenvalue weighted by Gasteiger charge is 2.32. The number of aromatic nitrogens is 3. The summed E-state index contributed by atoms with van der Waals surface area (Å²) in [5.74, 6) is -0.0514. The molecule has 10 heteroatoms.